The fraction of sp³-hybridized carbons (Fsp3) is 0.440. The third-order valence-electron chi connectivity index (χ3n) is 5.36. The maximum absolute atomic E-state index is 13.7. The van der Waals surface area contributed by atoms with Gasteiger partial charge in [-0.3, -0.25) is 13.9 Å². The lowest BCUT2D eigenvalue weighted by molar-refractivity contribution is -0.140. The second-order valence-electron chi connectivity index (χ2n) is 9.48. The number of anilines is 1. The number of benzene rings is 2. The van der Waals surface area contributed by atoms with Crippen molar-refractivity contribution in [1.82, 2.24) is 10.2 Å². The van der Waals surface area contributed by atoms with Gasteiger partial charge in [-0.2, -0.15) is 0 Å². The zero-order valence-electron chi connectivity index (χ0n) is 22.0. The zero-order chi connectivity index (χ0) is 28.1. The van der Waals surface area contributed by atoms with Crippen LogP contribution in [0.25, 0.3) is 0 Å². The van der Waals surface area contributed by atoms with E-state index in [-0.39, 0.29) is 18.0 Å². The predicted molar refractivity (Wildman–Crippen MR) is 146 cm³/mol. The Hall–Kier alpha value is -2.69. The number of sulfonamides is 1. The lowest BCUT2D eigenvalue weighted by Crippen LogP contribution is -2.54. The number of halogens is 2. The van der Waals surface area contributed by atoms with Crippen LogP contribution in [0.1, 0.15) is 33.3 Å². The summed E-state index contributed by atoms with van der Waals surface area (Å²) in [5.74, 6) is -0.432. The molecule has 0 aliphatic rings. The SMILES string of the molecule is COc1ccc(OC)c(N(CC(=O)N(Cc2ccc(Cl)cc2Cl)[C@@H](C)C(=O)NC(C)(C)C)S(C)(=O)=O)c1. The van der Waals surface area contributed by atoms with Crippen LogP contribution in [0, 0.1) is 0 Å². The van der Waals surface area contributed by atoms with E-state index in [1.165, 1.54) is 31.3 Å². The summed E-state index contributed by atoms with van der Waals surface area (Å²) >= 11 is 12.4. The average Bonchev–Trinajstić information content (AvgIpc) is 2.79. The number of carbonyl (C=O) groups is 2. The Morgan fingerprint density at radius 3 is 2.22 bits per heavy atom. The summed E-state index contributed by atoms with van der Waals surface area (Å²) < 4.78 is 37.2. The van der Waals surface area contributed by atoms with Crippen LogP contribution in [0.4, 0.5) is 5.69 Å². The van der Waals surface area contributed by atoms with Gasteiger partial charge in [-0.25, -0.2) is 8.42 Å². The summed E-state index contributed by atoms with van der Waals surface area (Å²) in [5.41, 5.74) is 0.110. The summed E-state index contributed by atoms with van der Waals surface area (Å²) in [4.78, 5) is 28.0. The first kappa shape index (κ1) is 30.5. The predicted octanol–water partition coefficient (Wildman–Crippen LogP) is 4.11. The highest BCUT2D eigenvalue weighted by molar-refractivity contribution is 7.92. The third kappa shape index (κ3) is 8.41. The topological polar surface area (TPSA) is 105 Å². The van der Waals surface area contributed by atoms with E-state index in [9.17, 15) is 18.0 Å². The van der Waals surface area contributed by atoms with Gasteiger partial charge in [-0.1, -0.05) is 29.3 Å². The molecule has 9 nitrogen and oxygen atoms in total. The highest BCUT2D eigenvalue weighted by atomic mass is 35.5. The van der Waals surface area contributed by atoms with E-state index in [0.717, 1.165) is 10.6 Å². The van der Waals surface area contributed by atoms with Crippen LogP contribution < -0.4 is 19.1 Å². The van der Waals surface area contributed by atoms with Gasteiger partial charge in [-0.15, -0.1) is 0 Å². The molecule has 204 valence electrons. The second-order valence-corrected chi connectivity index (χ2v) is 12.2. The molecule has 2 aromatic rings. The molecule has 1 atom stereocenters. The van der Waals surface area contributed by atoms with Crippen molar-refractivity contribution in [2.45, 2.75) is 45.8 Å². The van der Waals surface area contributed by atoms with Gasteiger partial charge >= 0.3 is 0 Å². The summed E-state index contributed by atoms with van der Waals surface area (Å²) in [6.45, 7) is 6.38. The Kier molecular flexibility index (Phi) is 10.1. The molecule has 0 saturated carbocycles. The third-order valence-corrected chi connectivity index (χ3v) is 7.07. The molecule has 0 saturated heterocycles. The number of hydrogen-bond acceptors (Lipinski definition) is 6. The Balaban J connectivity index is 2.53. The van der Waals surface area contributed by atoms with Gasteiger partial charge in [0.15, 0.2) is 0 Å². The van der Waals surface area contributed by atoms with Crippen LogP contribution >= 0.6 is 23.2 Å². The lowest BCUT2D eigenvalue weighted by atomic mass is 10.1. The normalized spacial score (nSPS) is 12.5. The maximum atomic E-state index is 13.7. The Morgan fingerprint density at radius 2 is 1.70 bits per heavy atom. The summed E-state index contributed by atoms with van der Waals surface area (Å²) in [5, 5.41) is 3.58. The van der Waals surface area contributed by atoms with Gasteiger partial charge in [0.2, 0.25) is 21.8 Å². The molecule has 37 heavy (non-hydrogen) atoms. The lowest BCUT2D eigenvalue weighted by Gasteiger charge is -2.33. The highest BCUT2D eigenvalue weighted by Crippen LogP contribution is 2.34. The minimum absolute atomic E-state index is 0.0551. The van der Waals surface area contributed by atoms with Crippen molar-refractivity contribution in [1.29, 1.82) is 0 Å². The fourth-order valence-electron chi connectivity index (χ4n) is 3.48. The van der Waals surface area contributed by atoms with Crippen LogP contribution in [0.15, 0.2) is 36.4 Å². The van der Waals surface area contributed by atoms with Crippen LogP contribution in [-0.2, 0) is 26.2 Å². The van der Waals surface area contributed by atoms with Crippen molar-refractivity contribution in [2.24, 2.45) is 0 Å². The largest absolute Gasteiger partial charge is 0.497 e. The minimum atomic E-state index is -3.96. The number of amides is 2. The summed E-state index contributed by atoms with van der Waals surface area (Å²) in [6, 6.07) is 8.47. The van der Waals surface area contributed by atoms with E-state index in [1.807, 2.05) is 20.8 Å². The van der Waals surface area contributed by atoms with Crippen LogP contribution in [0.5, 0.6) is 11.5 Å². The molecule has 0 unspecified atom stereocenters. The number of carbonyl (C=O) groups excluding carboxylic acids is 2. The highest BCUT2D eigenvalue weighted by Gasteiger charge is 2.32. The zero-order valence-corrected chi connectivity index (χ0v) is 24.3. The number of nitrogens with zero attached hydrogens (tertiary/aromatic N) is 2. The number of nitrogens with one attached hydrogen (secondary N) is 1. The van der Waals surface area contributed by atoms with Gasteiger partial charge in [0.25, 0.3) is 0 Å². The summed E-state index contributed by atoms with van der Waals surface area (Å²) in [6.07, 6.45) is 0.981. The molecule has 0 aliphatic carbocycles. The first-order valence-corrected chi connectivity index (χ1v) is 13.9. The van der Waals surface area contributed by atoms with Crippen LogP contribution in [0.2, 0.25) is 10.0 Å². The van der Waals surface area contributed by atoms with Crippen molar-refractivity contribution in [3.63, 3.8) is 0 Å². The van der Waals surface area contributed by atoms with Crippen molar-refractivity contribution in [3.8, 4) is 11.5 Å². The number of rotatable bonds is 10. The summed E-state index contributed by atoms with van der Waals surface area (Å²) in [7, 11) is -1.13. The van der Waals surface area contributed by atoms with E-state index in [0.29, 0.717) is 21.4 Å². The monoisotopic (exact) mass is 573 g/mol. The fourth-order valence-corrected chi connectivity index (χ4v) is 4.79. The minimum Gasteiger partial charge on any atom is -0.497 e. The number of hydrogen-bond donors (Lipinski definition) is 1. The molecular formula is C25H33Cl2N3O6S. The van der Waals surface area contributed by atoms with Crippen molar-refractivity contribution >= 4 is 50.7 Å². The average molecular weight is 575 g/mol. The van der Waals surface area contributed by atoms with Crippen molar-refractivity contribution in [3.05, 3.63) is 52.0 Å². The Labute approximate surface area is 228 Å². The van der Waals surface area contributed by atoms with Crippen LogP contribution in [0.3, 0.4) is 0 Å². The van der Waals surface area contributed by atoms with Crippen molar-refractivity contribution in [2.75, 3.05) is 31.3 Å². The molecule has 0 fully saturated rings. The smallest absolute Gasteiger partial charge is 0.244 e. The molecule has 2 rings (SSSR count). The molecule has 0 bridgehead atoms. The number of methoxy groups -OCH3 is 2. The molecule has 2 amide bonds. The molecule has 0 radical (unpaired) electrons. The van der Waals surface area contributed by atoms with Gasteiger partial charge in [-0.05, 0) is 57.5 Å². The molecule has 0 aromatic heterocycles. The first-order valence-electron chi connectivity index (χ1n) is 11.3. The van der Waals surface area contributed by atoms with E-state index in [4.69, 9.17) is 32.7 Å². The Bertz CT molecular complexity index is 1250. The number of ether oxygens (including phenoxy) is 2. The van der Waals surface area contributed by atoms with Gasteiger partial charge in [0, 0.05) is 28.2 Å². The van der Waals surface area contributed by atoms with E-state index in [1.54, 1.807) is 31.2 Å². The molecule has 1 N–H and O–H groups in total. The molecule has 0 spiro atoms. The molecule has 0 heterocycles. The van der Waals surface area contributed by atoms with Crippen LogP contribution in [-0.4, -0.2) is 63.7 Å². The van der Waals surface area contributed by atoms with E-state index >= 15 is 0 Å². The standard InChI is InChI=1S/C25H33Cl2N3O6S/c1-16(24(32)28-25(2,3)4)29(14-17-8-9-18(26)12-20(17)27)23(31)15-30(37(7,33)34)21-13-19(35-5)10-11-22(21)36-6/h8-13,16H,14-15H2,1-7H3,(H,28,32)/t16-/m0/s1. The molecule has 2 aromatic carbocycles. The van der Waals surface area contributed by atoms with E-state index in [2.05, 4.69) is 5.32 Å². The molecule has 0 aliphatic heterocycles. The molecular weight excluding hydrogens is 541 g/mol. The first-order chi connectivity index (χ1) is 17.1. The van der Waals surface area contributed by atoms with E-state index < -0.39 is 40.0 Å². The molecule has 12 heteroatoms. The second kappa shape index (κ2) is 12.2. The maximum Gasteiger partial charge on any atom is 0.244 e. The van der Waals surface area contributed by atoms with Crippen molar-refractivity contribution < 1.29 is 27.5 Å². The van der Waals surface area contributed by atoms with Gasteiger partial charge in [0.1, 0.15) is 24.1 Å². The van der Waals surface area contributed by atoms with Gasteiger partial charge < -0.3 is 19.7 Å². The Morgan fingerprint density at radius 1 is 1.05 bits per heavy atom. The van der Waals surface area contributed by atoms with Gasteiger partial charge in [0.05, 0.1) is 26.2 Å². The quantitative estimate of drug-likeness (QED) is 0.458.